The largest absolute Gasteiger partial charge is 0.317 e. The Balaban J connectivity index is 1.40. The van der Waals surface area contributed by atoms with Gasteiger partial charge in [-0.1, -0.05) is 54.6 Å². The molecular formula is C33H21N5. The highest BCUT2D eigenvalue weighted by Gasteiger charge is 2.17. The van der Waals surface area contributed by atoms with Gasteiger partial charge in [0.15, 0.2) is 5.82 Å². The zero-order chi connectivity index (χ0) is 25.1. The van der Waals surface area contributed by atoms with Crippen molar-refractivity contribution in [1.29, 1.82) is 0 Å². The molecule has 0 aliphatic carbocycles. The molecule has 4 heterocycles. The van der Waals surface area contributed by atoms with E-state index in [1.165, 1.54) is 32.4 Å². The van der Waals surface area contributed by atoms with Crippen molar-refractivity contribution in [3.63, 3.8) is 0 Å². The van der Waals surface area contributed by atoms with Gasteiger partial charge < -0.3 is 9.13 Å². The Kier molecular flexibility index (Phi) is 4.45. The Morgan fingerprint density at radius 1 is 0.500 bits per heavy atom. The van der Waals surface area contributed by atoms with E-state index in [0.717, 1.165) is 28.0 Å². The molecule has 0 amide bonds. The summed E-state index contributed by atoms with van der Waals surface area (Å²) in [6.45, 7) is 0. The first-order chi connectivity index (χ1) is 18.9. The van der Waals surface area contributed by atoms with Crippen LogP contribution in [0.15, 0.2) is 128 Å². The van der Waals surface area contributed by atoms with E-state index < -0.39 is 0 Å². The second-order valence-electron chi connectivity index (χ2n) is 9.44. The number of benzene rings is 4. The standard InChI is InChI=1S/C33H21N5/c1-2-8-23(9-3-1)37-18-16-27-25-12-13-29-26-10-4-5-11-31(26)38(32(29)28(25)14-15-30(27)37)24-20-35-33(36-21-24)22-7-6-17-34-19-22/h1-21H. The van der Waals surface area contributed by atoms with Crippen molar-refractivity contribution >= 4 is 43.5 Å². The van der Waals surface area contributed by atoms with E-state index in [-0.39, 0.29) is 0 Å². The van der Waals surface area contributed by atoms with Crippen molar-refractivity contribution in [1.82, 2.24) is 24.1 Å². The first kappa shape index (κ1) is 20.9. The van der Waals surface area contributed by atoms with E-state index in [4.69, 9.17) is 9.97 Å². The molecule has 8 rings (SSSR count). The van der Waals surface area contributed by atoms with Crippen molar-refractivity contribution in [2.75, 3.05) is 0 Å². The molecule has 0 fully saturated rings. The van der Waals surface area contributed by atoms with Crippen molar-refractivity contribution < 1.29 is 0 Å². The van der Waals surface area contributed by atoms with Gasteiger partial charge in [0.05, 0.1) is 34.6 Å². The van der Waals surface area contributed by atoms with Crippen LogP contribution in [-0.2, 0) is 0 Å². The molecule has 0 saturated heterocycles. The van der Waals surface area contributed by atoms with Crippen LogP contribution < -0.4 is 0 Å². The van der Waals surface area contributed by atoms with Crippen LogP contribution in [-0.4, -0.2) is 24.1 Å². The van der Waals surface area contributed by atoms with Crippen molar-refractivity contribution in [2.24, 2.45) is 0 Å². The molecule has 8 aromatic rings. The van der Waals surface area contributed by atoms with Crippen molar-refractivity contribution in [2.45, 2.75) is 0 Å². The van der Waals surface area contributed by atoms with Gasteiger partial charge in [-0.25, -0.2) is 9.97 Å². The van der Waals surface area contributed by atoms with Crippen LogP contribution in [0.1, 0.15) is 0 Å². The van der Waals surface area contributed by atoms with Gasteiger partial charge in [-0.3, -0.25) is 4.98 Å². The topological polar surface area (TPSA) is 48.5 Å². The highest BCUT2D eigenvalue weighted by atomic mass is 15.0. The number of rotatable bonds is 3. The van der Waals surface area contributed by atoms with E-state index in [0.29, 0.717) is 5.82 Å². The fourth-order valence-electron chi connectivity index (χ4n) is 5.65. The normalized spacial score (nSPS) is 11.7. The third-order valence-electron chi connectivity index (χ3n) is 7.35. The zero-order valence-electron chi connectivity index (χ0n) is 20.4. The smallest absolute Gasteiger partial charge is 0.160 e. The van der Waals surface area contributed by atoms with Crippen LogP contribution in [0.4, 0.5) is 0 Å². The average molecular weight is 488 g/mol. The summed E-state index contributed by atoms with van der Waals surface area (Å²) < 4.78 is 4.54. The van der Waals surface area contributed by atoms with Crippen LogP contribution in [0.25, 0.3) is 66.2 Å². The number of aromatic nitrogens is 5. The third kappa shape index (κ3) is 3.02. The van der Waals surface area contributed by atoms with Crippen LogP contribution in [0.5, 0.6) is 0 Å². The summed E-state index contributed by atoms with van der Waals surface area (Å²) in [4.78, 5) is 13.6. The number of pyridine rings is 1. The van der Waals surface area contributed by atoms with E-state index in [1.54, 1.807) is 12.4 Å². The van der Waals surface area contributed by atoms with Crippen LogP contribution in [0.2, 0.25) is 0 Å². The summed E-state index contributed by atoms with van der Waals surface area (Å²) in [7, 11) is 0. The van der Waals surface area contributed by atoms with Crippen molar-refractivity contribution in [3.8, 4) is 22.8 Å². The van der Waals surface area contributed by atoms with Gasteiger partial charge in [-0.2, -0.15) is 0 Å². The maximum atomic E-state index is 4.71. The van der Waals surface area contributed by atoms with Crippen LogP contribution in [0.3, 0.4) is 0 Å². The molecule has 0 bridgehead atoms. The first-order valence-electron chi connectivity index (χ1n) is 12.6. The minimum atomic E-state index is 0.663. The quantitative estimate of drug-likeness (QED) is 0.256. The van der Waals surface area contributed by atoms with Gasteiger partial charge in [0.2, 0.25) is 0 Å². The van der Waals surface area contributed by atoms with Gasteiger partial charge >= 0.3 is 0 Å². The van der Waals surface area contributed by atoms with Gasteiger partial charge in [0.25, 0.3) is 0 Å². The summed E-state index contributed by atoms with van der Waals surface area (Å²) in [5, 5.41) is 6.08. The Labute approximate surface area is 218 Å². The molecule has 0 aliphatic heterocycles. The summed E-state index contributed by atoms with van der Waals surface area (Å²) >= 11 is 0. The maximum Gasteiger partial charge on any atom is 0.160 e. The fraction of sp³-hybridized carbons (Fsp3) is 0. The summed E-state index contributed by atoms with van der Waals surface area (Å²) in [6.07, 6.45) is 9.51. The third-order valence-corrected chi connectivity index (χ3v) is 7.35. The molecule has 0 unspecified atom stereocenters. The number of nitrogens with zero attached hydrogens (tertiary/aromatic N) is 5. The highest BCUT2D eigenvalue weighted by Crippen LogP contribution is 2.39. The van der Waals surface area contributed by atoms with Gasteiger partial charge in [0.1, 0.15) is 0 Å². The Hall–Kier alpha value is -5.29. The van der Waals surface area contributed by atoms with Gasteiger partial charge in [-0.05, 0) is 47.9 Å². The molecule has 178 valence electrons. The molecular weight excluding hydrogens is 466 g/mol. The van der Waals surface area contributed by atoms with Crippen molar-refractivity contribution in [3.05, 3.63) is 128 Å². The minimum absolute atomic E-state index is 0.663. The molecule has 0 radical (unpaired) electrons. The monoisotopic (exact) mass is 487 g/mol. The number of para-hydroxylation sites is 2. The van der Waals surface area contributed by atoms with Gasteiger partial charge in [-0.15, -0.1) is 0 Å². The Morgan fingerprint density at radius 3 is 2.08 bits per heavy atom. The maximum absolute atomic E-state index is 4.71. The number of hydrogen-bond donors (Lipinski definition) is 0. The zero-order valence-corrected chi connectivity index (χ0v) is 20.4. The molecule has 0 aliphatic rings. The molecule has 4 aromatic carbocycles. The van der Waals surface area contributed by atoms with Crippen LogP contribution in [0, 0.1) is 0 Å². The lowest BCUT2D eigenvalue weighted by atomic mass is 10.0. The average Bonchev–Trinajstić information content (AvgIpc) is 3.58. The molecule has 0 N–H and O–H groups in total. The molecule has 5 nitrogen and oxygen atoms in total. The lowest BCUT2D eigenvalue weighted by Gasteiger charge is -2.11. The minimum Gasteiger partial charge on any atom is -0.317 e. The fourth-order valence-corrected chi connectivity index (χ4v) is 5.65. The summed E-state index contributed by atoms with van der Waals surface area (Å²) in [6, 6.07) is 34.1. The lowest BCUT2D eigenvalue weighted by Crippen LogP contribution is -1.98. The summed E-state index contributed by atoms with van der Waals surface area (Å²) in [5.74, 6) is 0.663. The first-order valence-corrected chi connectivity index (χ1v) is 12.6. The van der Waals surface area contributed by atoms with E-state index >= 15 is 0 Å². The highest BCUT2D eigenvalue weighted by molar-refractivity contribution is 6.22. The molecule has 5 heteroatoms. The predicted octanol–water partition coefficient (Wildman–Crippen LogP) is 7.73. The van der Waals surface area contributed by atoms with E-state index in [2.05, 4.69) is 99.2 Å². The molecule has 0 saturated carbocycles. The number of fused-ring (bicyclic) bond motifs is 7. The SMILES string of the molecule is c1ccc(-n2ccc3c4ccc5c6ccccc6n(-c6cnc(-c7cccnc7)nc6)c5c4ccc32)cc1. The molecule has 4 aromatic heterocycles. The Bertz CT molecular complexity index is 2110. The predicted molar refractivity (Wildman–Crippen MR) is 154 cm³/mol. The molecule has 0 spiro atoms. The Morgan fingerprint density at radius 2 is 1.24 bits per heavy atom. The van der Waals surface area contributed by atoms with Crippen LogP contribution >= 0.6 is 0 Å². The molecule has 38 heavy (non-hydrogen) atoms. The van der Waals surface area contributed by atoms with Gasteiger partial charge in [0, 0.05) is 51.4 Å². The lowest BCUT2D eigenvalue weighted by molar-refractivity contribution is 1.08. The second-order valence-corrected chi connectivity index (χ2v) is 9.44. The second kappa shape index (κ2) is 8.11. The van der Waals surface area contributed by atoms with E-state index in [9.17, 15) is 0 Å². The van der Waals surface area contributed by atoms with E-state index in [1.807, 2.05) is 30.6 Å². The number of hydrogen-bond acceptors (Lipinski definition) is 3. The molecule has 0 atom stereocenters. The summed E-state index contributed by atoms with van der Waals surface area (Å²) in [5.41, 5.74) is 6.47.